The molecule has 1 N–H and O–H groups in total. The summed E-state index contributed by atoms with van der Waals surface area (Å²) >= 11 is 0. The molecule has 2 aromatic rings. The normalized spacial score (nSPS) is 23.8. The molecule has 2 aliphatic heterocycles. The lowest BCUT2D eigenvalue weighted by molar-refractivity contribution is -0.0382. The zero-order chi connectivity index (χ0) is 19.0. The standard InChI is InChI=1S/C23H29NO3/c1-5-26-19-9-8-16(13-20(19)25-4)22-17-7-6-10-27-23(17)18-12-14(2)11-15(3)21(18)24-22/h8-9,11-13,17,22-24H,5-7,10H2,1-4H3/t17-,22?,23-/m0/s1. The van der Waals surface area contributed by atoms with Gasteiger partial charge in [-0.2, -0.15) is 0 Å². The molecule has 0 spiro atoms. The van der Waals surface area contributed by atoms with Gasteiger partial charge in [0.15, 0.2) is 11.5 Å². The Morgan fingerprint density at radius 3 is 2.78 bits per heavy atom. The van der Waals surface area contributed by atoms with Crippen molar-refractivity contribution in [2.75, 3.05) is 25.6 Å². The molecule has 27 heavy (non-hydrogen) atoms. The maximum Gasteiger partial charge on any atom is 0.161 e. The molecule has 144 valence electrons. The van der Waals surface area contributed by atoms with Gasteiger partial charge in [-0.1, -0.05) is 23.8 Å². The van der Waals surface area contributed by atoms with Gasteiger partial charge in [0.25, 0.3) is 0 Å². The van der Waals surface area contributed by atoms with Crippen molar-refractivity contribution in [1.29, 1.82) is 0 Å². The molecule has 0 amide bonds. The van der Waals surface area contributed by atoms with Gasteiger partial charge in [0.05, 0.1) is 25.9 Å². The molecule has 1 unspecified atom stereocenters. The molecule has 0 radical (unpaired) electrons. The number of methoxy groups -OCH3 is 1. The number of hydrogen-bond acceptors (Lipinski definition) is 4. The molecule has 0 aliphatic carbocycles. The lowest BCUT2D eigenvalue weighted by Gasteiger charge is -2.44. The van der Waals surface area contributed by atoms with Crippen molar-refractivity contribution in [2.24, 2.45) is 5.92 Å². The van der Waals surface area contributed by atoms with Crippen LogP contribution in [0.3, 0.4) is 0 Å². The summed E-state index contributed by atoms with van der Waals surface area (Å²) in [7, 11) is 1.70. The molecule has 2 aromatic carbocycles. The maximum atomic E-state index is 6.29. The van der Waals surface area contributed by atoms with E-state index in [1.54, 1.807) is 7.11 Å². The third kappa shape index (κ3) is 3.27. The number of rotatable bonds is 4. The minimum atomic E-state index is 0.149. The van der Waals surface area contributed by atoms with Gasteiger partial charge >= 0.3 is 0 Å². The third-order valence-corrected chi connectivity index (χ3v) is 5.76. The van der Waals surface area contributed by atoms with Crippen LogP contribution in [0.4, 0.5) is 5.69 Å². The van der Waals surface area contributed by atoms with E-state index >= 15 is 0 Å². The maximum absolute atomic E-state index is 6.29. The van der Waals surface area contributed by atoms with Crippen molar-refractivity contribution >= 4 is 5.69 Å². The second-order valence-electron chi connectivity index (χ2n) is 7.61. The van der Waals surface area contributed by atoms with Crippen molar-refractivity contribution in [3.8, 4) is 11.5 Å². The zero-order valence-electron chi connectivity index (χ0n) is 16.7. The van der Waals surface area contributed by atoms with Crippen LogP contribution in [0.25, 0.3) is 0 Å². The highest BCUT2D eigenvalue weighted by atomic mass is 16.5. The largest absolute Gasteiger partial charge is 0.493 e. The monoisotopic (exact) mass is 367 g/mol. The number of fused-ring (bicyclic) bond motifs is 3. The van der Waals surface area contributed by atoms with E-state index in [-0.39, 0.29) is 12.1 Å². The Morgan fingerprint density at radius 2 is 2.00 bits per heavy atom. The van der Waals surface area contributed by atoms with Crippen molar-refractivity contribution in [3.63, 3.8) is 0 Å². The first kappa shape index (κ1) is 18.2. The van der Waals surface area contributed by atoms with Crippen LogP contribution in [0.2, 0.25) is 0 Å². The molecule has 0 saturated carbocycles. The highest BCUT2D eigenvalue weighted by molar-refractivity contribution is 5.63. The van der Waals surface area contributed by atoms with Crippen LogP contribution in [0.5, 0.6) is 11.5 Å². The Bertz CT molecular complexity index is 833. The predicted molar refractivity (Wildman–Crippen MR) is 108 cm³/mol. The summed E-state index contributed by atoms with van der Waals surface area (Å²) in [6, 6.07) is 11.0. The molecule has 0 aromatic heterocycles. The van der Waals surface area contributed by atoms with Crippen molar-refractivity contribution < 1.29 is 14.2 Å². The van der Waals surface area contributed by atoms with Gasteiger partial charge in [-0.05, 0) is 56.9 Å². The van der Waals surface area contributed by atoms with Crippen molar-refractivity contribution in [2.45, 2.75) is 45.8 Å². The van der Waals surface area contributed by atoms with Gasteiger partial charge in [0.2, 0.25) is 0 Å². The molecular weight excluding hydrogens is 338 g/mol. The van der Waals surface area contributed by atoms with E-state index in [2.05, 4.69) is 43.4 Å². The summed E-state index contributed by atoms with van der Waals surface area (Å²) in [6.07, 6.45) is 2.41. The third-order valence-electron chi connectivity index (χ3n) is 5.76. The van der Waals surface area contributed by atoms with E-state index in [1.807, 2.05) is 13.0 Å². The summed E-state index contributed by atoms with van der Waals surface area (Å²) in [5.74, 6) is 1.99. The molecule has 4 rings (SSSR count). The van der Waals surface area contributed by atoms with E-state index in [1.165, 1.54) is 27.9 Å². The molecular formula is C23H29NO3. The second kappa shape index (κ2) is 7.43. The highest BCUT2D eigenvalue weighted by Gasteiger charge is 2.40. The predicted octanol–water partition coefficient (Wildman–Crippen LogP) is 5.35. The molecule has 4 heteroatoms. The summed E-state index contributed by atoms with van der Waals surface area (Å²) in [5.41, 5.74) is 6.33. The Hall–Kier alpha value is -2.20. The minimum Gasteiger partial charge on any atom is -0.493 e. The SMILES string of the molecule is CCOc1ccc(C2Nc3c(C)cc(C)cc3[C@H]3OCCC[C@@H]23)cc1OC. The van der Waals surface area contributed by atoms with E-state index in [0.717, 1.165) is 30.9 Å². The molecule has 1 saturated heterocycles. The number of hydrogen-bond donors (Lipinski definition) is 1. The smallest absolute Gasteiger partial charge is 0.161 e. The minimum absolute atomic E-state index is 0.149. The topological polar surface area (TPSA) is 39.7 Å². The Balaban J connectivity index is 1.76. The van der Waals surface area contributed by atoms with Gasteiger partial charge in [0, 0.05) is 23.8 Å². The van der Waals surface area contributed by atoms with E-state index in [4.69, 9.17) is 14.2 Å². The summed E-state index contributed by atoms with van der Waals surface area (Å²) in [4.78, 5) is 0. The fraction of sp³-hybridized carbons (Fsp3) is 0.478. The molecule has 2 heterocycles. The Morgan fingerprint density at radius 1 is 1.15 bits per heavy atom. The average molecular weight is 367 g/mol. The first-order chi connectivity index (χ1) is 13.1. The second-order valence-corrected chi connectivity index (χ2v) is 7.61. The first-order valence-electron chi connectivity index (χ1n) is 9.92. The zero-order valence-corrected chi connectivity index (χ0v) is 16.7. The van der Waals surface area contributed by atoms with Gasteiger partial charge in [0.1, 0.15) is 0 Å². The quantitative estimate of drug-likeness (QED) is 0.791. The van der Waals surface area contributed by atoms with Crippen LogP contribution >= 0.6 is 0 Å². The van der Waals surface area contributed by atoms with Crippen molar-refractivity contribution in [3.05, 3.63) is 52.6 Å². The first-order valence-corrected chi connectivity index (χ1v) is 9.92. The van der Waals surface area contributed by atoms with Gasteiger partial charge < -0.3 is 19.5 Å². The number of anilines is 1. The summed E-state index contributed by atoms with van der Waals surface area (Å²) < 4.78 is 17.6. The Kier molecular flexibility index (Phi) is 5.00. The van der Waals surface area contributed by atoms with Gasteiger partial charge in [-0.15, -0.1) is 0 Å². The van der Waals surface area contributed by atoms with Crippen LogP contribution in [0.15, 0.2) is 30.3 Å². The summed E-state index contributed by atoms with van der Waals surface area (Å²) in [5, 5.41) is 3.83. The molecule has 3 atom stereocenters. The molecule has 2 aliphatic rings. The molecule has 0 bridgehead atoms. The van der Waals surface area contributed by atoms with E-state index < -0.39 is 0 Å². The summed E-state index contributed by atoms with van der Waals surface area (Å²) in [6.45, 7) is 7.79. The number of benzene rings is 2. The molecule has 1 fully saturated rings. The Labute approximate surface area is 161 Å². The van der Waals surface area contributed by atoms with Crippen LogP contribution < -0.4 is 14.8 Å². The lowest BCUT2D eigenvalue weighted by Crippen LogP contribution is -2.36. The number of ether oxygens (including phenoxy) is 3. The fourth-order valence-corrected chi connectivity index (χ4v) is 4.63. The van der Waals surface area contributed by atoms with E-state index in [0.29, 0.717) is 12.5 Å². The fourth-order valence-electron chi connectivity index (χ4n) is 4.63. The van der Waals surface area contributed by atoms with Crippen molar-refractivity contribution in [1.82, 2.24) is 0 Å². The van der Waals surface area contributed by atoms with E-state index in [9.17, 15) is 0 Å². The highest BCUT2D eigenvalue weighted by Crippen LogP contribution is 2.50. The average Bonchev–Trinajstić information content (AvgIpc) is 2.68. The molecule has 4 nitrogen and oxygen atoms in total. The van der Waals surface area contributed by atoms with Crippen LogP contribution in [0.1, 0.15) is 54.2 Å². The lowest BCUT2D eigenvalue weighted by atomic mass is 9.76. The van der Waals surface area contributed by atoms with Crippen LogP contribution in [-0.2, 0) is 4.74 Å². The van der Waals surface area contributed by atoms with Crippen LogP contribution in [-0.4, -0.2) is 20.3 Å². The number of nitrogens with one attached hydrogen (secondary N) is 1. The van der Waals surface area contributed by atoms with Gasteiger partial charge in [-0.25, -0.2) is 0 Å². The van der Waals surface area contributed by atoms with Crippen LogP contribution in [0, 0.1) is 19.8 Å². The number of aryl methyl sites for hydroxylation is 2. The van der Waals surface area contributed by atoms with Gasteiger partial charge in [-0.3, -0.25) is 0 Å².